The third-order valence-corrected chi connectivity index (χ3v) is 3.41. The molecule has 0 bridgehead atoms. The van der Waals surface area contributed by atoms with E-state index in [-0.39, 0.29) is 0 Å². The number of pyridine rings is 1. The number of nitrogens with one attached hydrogen (secondary N) is 1. The molecule has 1 N–H and O–H groups in total. The number of nitrogens with zero attached hydrogens (tertiary/aromatic N) is 1. The minimum Gasteiger partial charge on any atom is -0.494 e. The summed E-state index contributed by atoms with van der Waals surface area (Å²) in [5.74, 6) is 0.976. The summed E-state index contributed by atoms with van der Waals surface area (Å²) in [5, 5.41) is 3.39. The molecule has 106 valence electrons. The molecular weight excluding hydrogens is 248 g/mol. The molecule has 0 aliphatic rings. The van der Waals surface area contributed by atoms with Gasteiger partial charge in [-0.05, 0) is 50.6 Å². The maximum Gasteiger partial charge on any atom is 0.124 e. The van der Waals surface area contributed by atoms with Crippen LogP contribution in [0.15, 0.2) is 48.8 Å². The minimum atomic E-state index is 0.297. The highest BCUT2D eigenvalue weighted by atomic mass is 16.5. The molecule has 0 radical (unpaired) electrons. The van der Waals surface area contributed by atoms with E-state index in [1.807, 2.05) is 38.5 Å². The van der Waals surface area contributed by atoms with Crippen molar-refractivity contribution in [2.45, 2.75) is 25.8 Å². The molecule has 0 fully saturated rings. The van der Waals surface area contributed by atoms with Crippen molar-refractivity contribution in [1.82, 2.24) is 10.3 Å². The average molecular weight is 270 g/mol. The van der Waals surface area contributed by atoms with Crippen LogP contribution in [0, 0.1) is 0 Å². The molecule has 2 rings (SSSR count). The molecule has 0 saturated carbocycles. The van der Waals surface area contributed by atoms with Gasteiger partial charge in [0.05, 0.1) is 6.61 Å². The van der Waals surface area contributed by atoms with E-state index >= 15 is 0 Å². The number of aryl methyl sites for hydroxylation is 1. The first-order valence-electron chi connectivity index (χ1n) is 7.13. The third-order valence-electron chi connectivity index (χ3n) is 3.41. The van der Waals surface area contributed by atoms with Crippen LogP contribution in [0.4, 0.5) is 0 Å². The van der Waals surface area contributed by atoms with Crippen LogP contribution in [-0.2, 0) is 6.42 Å². The van der Waals surface area contributed by atoms with Crippen molar-refractivity contribution in [2.75, 3.05) is 13.7 Å². The Labute approximate surface area is 121 Å². The van der Waals surface area contributed by atoms with E-state index in [1.54, 1.807) is 0 Å². The minimum absolute atomic E-state index is 0.297. The maximum absolute atomic E-state index is 5.72. The van der Waals surface area contributed by atoms with Crippen molar-refractivity contribution in [3.63, 3.8) is 0 Å². The van der Waals surface area contributed by atoms with Crippen LogP contribution in [0.1, 0.15) is 30.5 Å². The predicted molar refractivity (Wildman–Crippen MR) is 82.0 cm³/mol. The van der Waals surface area contributed by atoms with Crippen molar-refractivity contribution in [1.29, 1.82) is 0 Å². The van der Waals surface area contributed by atoms with Gasteiger partial charge in [0.15, 0.2) is 0 Å². The molecule has 0 saturated heterocycles. The topological polar surface area (TPSA) is 34.1 Å². The lowest BCUT2D eigenvalue weighted by molar-refractivity contribution is 0.331. The van der Waals surface area contributed by atoms with Gasteiger partial charge in [-0.1, -0.05) is 18.2 Å². The Morgan fingerprint density at radius 1 is 1.15 bits per heavy atom. The zero-order valence-corrected chi connectivity index (χ0v) is 12.2. The quantitative estimate of drug-likeness (QED) is 0.837. The largest absolute Gasteiger partial charge is 0.494 e. The number of hydrogen-bond donors (Lipinski definition) is 1. The van der Waals surface area contributed by atoms with Crippen molar-refractivity contribution < 1.29 is 4.74 Å². The van der Waals surface area contributed by atoms with E-state index in [4.69, 9.17) is 4.74 Å². The Kier molecular flexibility index (Phi) is 5.56. The summed E-state index contributed by atoms with van der Waals surface area (Å²) in [6, 6.07) is 12.7. The molecule has 1 aromatic carbocycles. The summed E-state index contributed by atoms with van der Waals surface area (Å²) in [7, 11) is 2.00. The predicted octanol–water partition coefficient (Wildman–Crippen LogP) is 3.37. The van der Waals surface area contributed by atoms with E-state index in [0.717, 1.165) is 18.6 Å². The fourth-order valence-electron chi connectivity index (χ4n) is 2.37. The van der Waals surface area contributed by atoms with E-state index in [0.29, 0.717) is 12.6 Å². The summed E-state index contributed by atoms with van der Waals surface area (Å²) in [6.45, 7) is 2.71. The van der Waals surface area contributed by atoms with Crippen LogP contribution >= 0.6 is 0 Å². The first-order valence-corrected chi connectivity index (χ1v) is 7.13. The summed E-state index contributed by atoms with van der Waals surface area (Å²) >= 11 is 0. The van der Waals surface area contributed by atoms with Gasteiger partial charge >= 0.3 is 0 Å². The fourth-order valence-corrected chi connectivity index (χ4v) is 2.37. The van der Waals surface area contributed by atoms with Crippen LogP contribution < -0.4 is 10.1 Å². The number of hydrogen-bond acceptors (Lipinski definition) is 3. The molecule has 0 aliphatic carbocycles. The first-order chi connectivity index (χ1) is 9.85. The van der Waals surface area contributed by atoms with Crippen molar-refractivity contribution in [3.8, 4) is 5.75 Å². The van der Waals surface area contributed by atoms with E-state index in [9.17, 15) is 0 Å². The Balaban J connectivity index is 2.08. The van der Waals surface area contributed by atoms with E-state index in [2.05, 4.69) is 34.6 Å². The van der Waals surface area contributed by atoms with Gasteiger partial charge in [0.25, 0.3) is 0 Å². The molecule has 3 heteroatoms. The SMILES string of the molecule is CCOc1ccccc1C(CCc1ccncc1)NC. The van der Waals surface area contributed by atoms with Gasteiger partial charge < -0.3 is 10.1 Å². The van der Waals surface area contributed by atoms with Gasteiger partial charge in [0.2, 0.25) is 0 Å². The molecule has 1 atom stereocenters. The van der Waals surface area contributed by atoms with Gasteiger partial charge in [-0.2, -0.15) is 0 Å². The molecule has 1 unspecified atom stereocenters. The summed E-state index contributed by atoms with van der Waals surface area (Å²) in [4.78, 5) is 4.05. The Morgan fingerprint density at radius 2 is 1.90 bits per heavy atom. The second kappa shape index (κ2) is 7.65. The van der Waals surface area contributed by atoms with Crippen LogP contribution in [0.3, 0.4) is 0 Å². The lowest BCUT2D eigenvalue weighted by atomic mass is 9.99. The zero-order chi connectivity index (χ0) is 14.2. The molecule has 0 amide bonds. The van der Waals surface area contributed by atoms with Gasteiger partial charge in [-0.3, -0.25) is 4.98 Å². The number of para-hydroxylation sites is 1. The highest BCUT2D eigenvalue weighted by Gasteiger charge is 2.14. The molecule has 0 aliphatic heterocycles. The molecule has 0 spiro atoms. The van der Waals surface area contributed by atoms with Crippen molar-refractivity contribution in [3.05, 3.63) is 59.9 Å². The van der Waals surface area contributed by atoms with Crippen LogP contribution in [0.5, 0.6) is 5.75 Å². The monoisotopic (exact) mass is 270 g/mol. The standard InChI is InChI=1S/C17H22N2O/c1-3-20-17-7-5-4-6-15(17)16(18-2)9-8-14-10-12-19-13-11-14/h4-7,10-13,16,18H,3,8-9H2,1-2H3. The number of aromatic nitrogens is 1. The number of rotatable bonds is 7. The Bertz CT molecular complexity index is 513. The second-order valence-electron chi connectivity index (χ2n) is 4.71. The van der Waals surface area contributed by atoms with Crippen molar-refractivity contribution >= 4 is 0 Å². The summed E-state index contributed by atoms with van der Waals surface area (Å²) < 4.78 is 5.72. The molecule has 1 aromatic heterocycles. The van der Waals surface area contributed by atoms with Crippen LogP contribution in [0.25, 0.3) is 0 Å². The van der Waals surface area contributed by atoms with Gasteiger partial charge in [0, 0.05) is 24.0 Å². The smallest absolute Gasteiger partial charge is 0.124 e. The molecule has 3 nitrogen and oxygen atoms in total. The molecular formula is C17H22N2O. The normalized spacial score (nSPS) is 12.1. The summed E-state index contributed by atoms with van der Waals surface area (Å²) in [6.07, 6.45) is 5.74. The van der Waals surface area contributed by atoms with Crippen LogP contribution in [-0.4, -0.2) is 18.6 Å². The fraction of sp³-hybridized carbons (Fsp3) is 0.353. The highest BCUT2D eigenvalue weighted by Crippen LogP contribution is 2.28. The molecule has 2 aromatic rings. The Morgan fingerprint density at radius 3 is 2.60 bits per heavy atom. The van der Waals surface area contributed by atoms with Gasteiger partial charge in [0.1, 0.15) is 5.75 Å². The van der Waals surface area contributed by atoms with Crippen LogP contribution in [0.2, 0.25) is 0 Å². The maximum atomic E-state index is 5.72. The lowest BCUT2D eigenvalue weighted by Gasteiger charge is -2.20. The Hall–Kier alpha value is -1.87. The second-order valence-corrected chi connectivity index (χ2v) is 4.71. The number of benzene rings is 1. The summed E-state index contributed by atoms with van der Waals surface area (Å²) in [5.41, 5.74) is 2.54. The molecule has 1 heterocycles. The zero-order valence-electron chi connectivity index (χ0n) is 12.2. The lowest BCUT2D eigenvalue weighted by Crippen LogP contribution is -2.18. The molecule has 20 heavy (non-hydrogen) atoms. The third kappa shape index (κ3) is 3.81. The van der Waals surface area contributed by atoms with E-state index < -0.39 is 0 Å². The van der Waals surface area contributed by atoms with Gasteiger partial charge in [-0.25, -0.2) is 0 Å². The van der Waals surface area contributed by atoms with Crippen molar-refractivity contribution in [2.24, 2.45) is 0 Å². The highest BCUT2D eigenvalue weighted by molar-refractivity contribution is 5.36. The number of ether oxygens (including phenoxy) is 1. The average Bonchev–Trinajstić information content (AvgIpc) is 2.51. The van der Waals surface area contributed by atoms with E-state index in [1.165, 1.54) is 11.1 Å². The first kappa shape index (κ1) is 14.5. The van der Waals surface area contributed by atoms with Gasteiger partial charge in [-0.15, -0.1) is 0 Å².